The highest BCUT2D eigenvalue weighted by Crippen LogP contribution is 2.20. The smallest absolute Gasteiger partial charge is 0.160 e. The van der Waals surface area contributed by atoms with Crippen LogP contribution in [0.2, 0.25) is 0 Å². The van der Waals surface area contributed by atoms with E-state index in [4.69, 9.17) is 4.74 Å². The maximum Gasteiger partial charge on any atom is 0.160 e. The molecule has 1 aromatic rings. The van der Waals surface area contributed by atoms with Gasteiger partial charge in [-0.15, -0.1) is 0 Å². The predicted molar refractivity (Wildman–Crippen MR) is 87.7 cm³/mol. The third-order valence-electron chi connectivity index (χ3n) is 3.35. The summed E-state index contributed by atoms with van der Waals surface area (Å²) in [7, 11) is 0. The number of ether oxygens (including phenoxy) is 1. The van der Waals surface area contributed by atoms with Crippen molar-refractivity contribution in [3.8, 4) is 5.75 Å². The lowest BCUT2D eigenvalue weighted by molar-refractivity contribution is 0.246. The van der Waals surface area contributed by atoms with E-state index < -0.39 is 0 Å². The van der Waals surface area contributed by atoms with Crippen LogP contribution < -0.4 is 10.1 Å². The van der Waals surface area contributed by atoms with Crippen molar-refractivity contribution in [2.24, 2.45) is 5.92 Å². The first-order valence-corrected chi connectivity index (χ1v) is 8.16. The summed E-state index contributed by atoms with van der Waals surface area (Å²) >= 11 is 0. The lowest BCUT2D eigenvalue weighted by Crippen LogP contribution is -2.23. The molecule has 0 aliphatic carbocycles. The Morgan fingerprint density at radius 3 is 2.48 bits per heavy atom. The number of hydrogen-bond donors (Lipinski definition) is 1. The molecule has 0 aliphatic heterocycles. The van der Waals surface area contributed by atoms with E-state index in [2.05, 4.69) is 56.8 Å². The molecule has 1 aromatic heterocycles. The summed E-state index contributed by atoms with van der Waals surface area (Å²) in [4.78, 5) is 9.10. The molecule has 0 spiro atoms. The van der Waals surface area contributed by atoms with Crippen LogP contribution in [-0.4, -0.2) is 22.6 Å². The van der Waals surface area contributed by atoms with E-state index >= 15 is 0 Å². The quantitative estimate of drug-likeness (QED) is 0.750. The van der Waals surface area contributed by atoms with E-state index in [0.717, 1.165) is 30.4 Å². The number of hydrogen-bond acceptors (Lipinski definition) is 4. The molecule has 0 saturated carbocycles. The van der Waals surface area contributed by atoms with Crippen molar-refractivity contribution < 1.29 is 4.74 Å². The normalized spacial score (nSPS) is 13.0. The summed E-state index contributed by atoms with van der Waals surface area (Å²) in [6.45, 7) is 14.4. The molecule has 1 rings (SSSR count). The highest BCUT2D eigenvalue weighted by Gasteiger charge is 2.12. The van der Waals surface area contributed by atoms with Gasteiger partial charge in [0, 0.05) is 18.5 Å². The third kappa shape index (κ3) is 6.42. The van der Waals surface area contributed by atoms with Crippen LogP contribution in [0, 0.1) is 5.92 Å². The molecule has 4 nitrogen and oxygen atoms in total. The van der Waals surface area contributed by atoms with Crippen LogP contribution in [0.3, 0.4) is 0 Å². The van der Waals surface area contributed by atoms with Crippen LogP contribution in [0.25, 0.3) is 0 Å². The largest absolute Gasteiger partial charge is 0.490 e. The summed E-state index contributed by atoms with van der Waals surface area (Å²) in [6.07, 6.45) is 4.21. The monoisotopic (exact) mass is 293 g/mol. The maximum atomic E-state index is 5.95. The molecule has 4 heteroatoms. The Balaban J connectivity index is 2.79. The van der Waals surface area contributed by atoms with Crippen LogP contribution in [-0.2, 0) is 6.54 Å². The molecule has 120 valence electrons. The number of nitrogens with zero attached hydrogens (tertiary/aromatic N) is 2. The Morgan fingerprint density at radius 1 is 1.19 bits per heavy atom. The molecular weight excluding hydrogens is 262 g/mol. The van der Waals surface area contributed by atoms with E-state index in [9.17, 15) is 0 Å². The predicted octanol–water partition coefficient (Wildman–Crippen LogP) is 3.91. The molecular formula is C17H31N3O. The fourth-order valence-corrected chi connectivity index (χ4v) is 2.06. The number of aromatic nitrogens is 2. The van der Waals surface area contributed by atoms with Crippen molar-refractivity contribution >= 4 is 0 Å². The second kappa shape index (κ2) is 8.98. The average molecular weight is 293 g/mol. The summed E-state index contributed by atoms with van der Waals surface area (Å²) in [6, 6.07) is 0.425. The molecule has 0 aromatic carbocycles. The summed E-state index contributed by atoms with van der Waals surface area (Å²) < 4.78 is 5.95. The highest BCUT2D eigenvalue weighted by atomic mass is 16.5. The van der Waals surface area contributed by atoms with Gasteiger partial charge in [0.1, 0.15) is 5.82 Å². The van der Waals surface area contributed by atoms with Crippen molar-refractivity contribution in [1.29, 1.82) is 0 Å². The van der Waals surface area contributed by atoms with Crippen molar-refractivity contribution in [1.82, 2.24) is 15.3 Å². The zero-order valence-corrected chi connectivity index (χ0v) is 14.4. The van der Waals surface area contributed by atoms with Crippen molar-refractivity contribution in [2.75, 3.05) is 6.61 Å². The van der Waals surface area contributed by atoms with Gasteiger partial charge in [-0.1, -0.05) is 48.0 Å². The standard InChI is InChI=1S/C17H31N3O/c1-7-8-14(6)11-21-16-10-19-17(12(2)3)20-15(16)9-18-13(4)5/h10,12-14,18H,7-9,11H2,1-6H3. The van der Waals surface area contributed by atoms with E-state index in [0.29, 0.717) is 17.9 Å². The van der Waals surface area contributed by atoms with Crippen molar-refractivity contribution in [2.45, 2.75) is 72.9 Å². The Labute approximate surface area is 129 Å². The van der Waals surface area contributed by atoms with E-state index in [1.165, 1.54) is 12.8 Å². The highest BCUT2D eigenvalue weighted by molar-refractivity contribution is 5.25. The molecule has 1 N–H and O–H groups in total. The van der Waals surface area contributed by atoms with Crippen molar-refractivity contribution in [3.63, 3.8) is 0 Å². The molecule has 1 atom stereocenters. The molecule has 21 heavy (non-hydrogen) atoms. The summed E-state index contributed by atoms with van der Waals surface area (Å²) in [5.41, 5.74) is 0.964. The number of nitrogens with one attached hydrogen (secondary N) is 1. The Morgan fingerprint density at radius 2 is 1.90 bits per heavy atom. The first-order chi connectivity index (χ1) is 9.93. The van der Waals surface area contributed by atoms with Crippen LogP contribution in [0.4, 0.5) is 0 Å². The summed E-state index contributed by atoms with van der Waals surface area (Å²) in [5, 5.41) is 3.41. The first kappa shape index (κ1) is 17.9. The lowest BCUT2D eigenvalue weighted by atomic mass is 10.1. The minimum atomic E-state index is 0.330. The second-order valence-corrected chi connectivity index (χ2v) is 6.43. The van der Waals surface area contributed by atoms with Crippen LogP contribution >= 0.6 is 0 Å². The van der Waals surface area contributed by atoms with Gasteiger partial charge in [0.25, 0.3) is 0 Å². The van der Waals surface area contributed by atoms with Gasteiger partial charge in [-0.2, -0.15) is 0 Å². The number of rotatable bonds is 9. The van der Waals surface area contributed by atoms with Gasteiger partial charge in [-0.25, -0.2) is 9.97 Å². The molecule has 0 fully saturated rings. The fraction of sp³-hybridized carbons (Fsp3) is 0.765. The van der Waals surface area contributed by atoms with Gasteiger partial charge in [-0.05, 0) is 12.3 Å². The van der Waals surface area contributed by atoms with E-state index in [-0.39, 0.29) is 0 Å². The first-order valence-electron chi connectivity index (χ1n) is 8.16. The topological polar surface area (TPSA) is 47.0 Å². The second-order valence-electron chi connectivity index (χ2n) is 6.43. The van der Waals surface area contributed by atoms with Gasteiger partial charge in [0.15, 0.2) is 5.75 Å². The van der Waals surface area contributed by atoms with Gasteiger partial charge in [-0.3, -0.25) is 0 Å². The molecule has 0 radical (unpaired) electrons. The van der Waals surface area contributed by atoms with Crippen LogP contribution in [0.15, 0.2) is 6.20 Å². The zero-order chi connectivity index (χ0) is 15.8. The molecule has 0 aliphatic rings. The summed E-state index contributed by atoms with van der Waals surface area (Å²) in [5.74, 6) is 2.58. The molecule has 1 unspecified atom stereocenters. The van der Waals surface area contributed by atoms with Gasteiger partial charge in [0.05, 0.1) is 18.5 Å². The maximum absolute atomic E-state index is 5.95. The Bertz CT molecular complexity index is 418. The van der Waals surface area contributed by atoms with Crippen LogP contribution in [0.1, 0.15) is 71.8 Å². The zero-order valence-electron chi connectivity index (χ0n) is 14.4. The fourth-order valence-electron chi connectivity index (χ4n) is 2.06. The van der Waals surface area contributed by atoms with E-state index in [1.807, 2.05) is 6.20 Å². The minimum Gasteiger partial charge on any atom is -0.490 e. The third-order valence-corrected chi connectivity index (χ3v) is 3.35. The minimum absolute atomic E-state index is 0.330. The average Bonchev–Trinajstić information content (AvgIpc) is 2.43. The van der Waals surface area contributed by atoms with E-state index in [1.54, 1.807) is 0 Å². The van der Waals surface area contributed by atoms with Gasteiger partial charge >= 0.3 is 0 Å². The van der Waals surface area contributed by atoms with Gasteiger partial charge < -0.3 is 10.1 Å². The molecule has 0 bridgehead atoms. The molecule has 0 saturated heterocycles. The Kier molecular flexibility index (Phi) is 7.65. The van der Waals surface area contributed by atoms with Gasteiger partial charge in [0.2, 0.25) is 0 Å². The van der Waals surface area contributed by atoms with Crippen LogP contribution in [0.5, 0.6) is 5.75 Å². The Hall–Kier alpha value is -1.16. The molecule has 0 amide bonds. The van der Waals surface area contributed by atoms with Crippen molar-refractivity contribution in [3.05, 3.63) is 17.7 Å². The lowest BCUT2D eigenvalue weighted by Gasteiger charge is -2.16. The SMILES string of the molecule is CCCC(C)COc1cnc(C(C)C)nc1CNC(C)C. The molecule has 1 heterocycles.